The Kier molecular flexibility index (Phi) is 11.8. The normalized spacial score (nSPS) is 10.1. The number of fused-ring (bicyclic) bond motifs is 1. The summed E-state index contributed by atoms with van der Waals surface area (Å²) in [6, 6.07) is 17.2. The molecule has 0 aliphatic carbocycles. The number of benzene rings is 2. The van der Waals surface area contributed by atoms with E-state index in [1.54, 1.807) is 29.9 Å². The van der Waals surface area contributed by atoms with Crippen molar-refractivity contribution < 1.29 is 14.3 Å². The van der Waals surface area contributed by atoms with Gasteiger partial charge in [-0.3, -0.25) is 14.4 Å². The lowest BCUT2D eigenvalue weighted by Crippen LogP contribution is -2.23. The molecule has 0 bridgehead atoms. The highest BCUT2D eigenvalue weighted by Gasteiger charge is 2.12. The van der Waals surface area contributed by atoms with Gasteiger partial charge in [0, 0.05) is 54.1 Å². The van der Waals surface area contributed by atoms with Crippen LogP contribution in [0.1, 0.15) is 50.5 Å². The lowest BCUT2D eigenvalue weighted by Gasteiger charge is -2.11. The maximum atomic E-state index is 12.6. The Morgan fingerprint density at radius 2 is 1.76 bits per heavy atom. The first kappa shape index (κ1) is 29.9. The topological polar surface area (TPSA) is 105 Å². The van der Waals surface area contributed by atoms with Crippen LogP contribution >= 0.6 is 0 Å². The quantitative estimate of drug-likeness (QED) is 0.285. The van der Waals surface area contributed by atoms with Crippen LogP contribution in [0.5, 0.6) is 5.75 Å². The summed E-state index contributed by atoms with van der Waals surface area (Å²) in [5, 5.41) is 6.34. The van der Waals surface area contributed by atoms with E-state index in [4.69, 9.17) is 4.74 Å². The van der Waals surface area contributed by atoms with Gasteiger partial charge in [-0.25, -0.2) is 0 Å². The third-order valence-corrected chi connectivity index (χ3v) is 5.47. The minimum Gasteiger partial charge on any atom is -0.494 e. The number of carbonyl (C=O) groups is 2. The third kappa shape index (κ3) is 7.83. The fourth-order valence-corrected chi connectivity index (χ4v) is 3.66. The van der Waals surface area contributed by atoms with Gasteiger partial charge in [0.25, 0.3) is 11.5 Å². The number of para-hydroxylation sites is 1. The molecule has 2 heterocycles. The molecule has 0 aliphatic heterocycles. The molecule has 8 nitrogen and oxygen atoms in total. The van der Waals surface area contributed by atoms with Crippen molar-refractivity contribution >= 4 is 23.2 Å². The number of aromatic amines is 1. The summed E-state index contributed by atoms with van der Waals surface area (Å²) in [5.41, 5.74) is 3.89. The van der Waals surface area contributed by atoms with Gasteiger partial charge in [-0.1, -0.05) is 44.2 Å². The van der Waals surface area contributed by atoms with Crippen LogP contribution in [0.15, 0.2) is 71.8 Å². The van der Waals surface area contributed by atoms with Crippen LogP contribution in [-0.2, 0) is 18.4 Å². The molecule has 0 saturated carbocycles. The molecule has 2 aromatic heterocycles. The Hall–Kier alpha value is -4.33. The van der Waals surface area contributed by atoms with E-state index in [2.05, 4.69) is 15.6 Å². The van der Waals surface area contributed by atoms with Crippen molar-refractivity contribution in [2.45, 2.75) is 47.2 Å². The second-order valence-corrected chi connectivity index (χ2v) is 8.47. The van der Waals surface area contributed by atoms with Gasteiger partial charge < -0.3 is 24.9 Å². The molecule has 0 fully saturated rings. The molecule has 2 amide bonds. The molecule has 38 heavy (non-hydrogen) atoms. The van der Waals surface area contributed by atoms with E-state index in [0.717, 1.165) is 27.8 Å². The molecule has 2 aromatic carbocycles. The number of hydrogen-bond acceptors (Lipinski definition) is 4. The van der Waals surface area contributed by atoms with E-state index in [1.807, 2.05) is 83.3 Å². The molecule has 202 valence electrons. The van der Waals surface area contributed by atoms with Crippen molar-refractivity contribution in [1.29, 1.82) is 0 Å². The molecule has 0 atom stereocenters. The van der Waals surface area contributed by atoms with Crippen molar-refractivity contribution in [3.8, 4) is 16.9 Å². The smallest absolute Gasteiger partial charge is 0.274 e. The number of hydrogen-bond donors (Lipinski definition) is 3. The van der Waals surface area contributed by atoms with Gasteiger partial charge in [-0.2, -0.15) is 0 Å². The first-order valence-electron chi connectivity index (χ1n) is 12.8. The van der Waals surface area contributed by atoms with E-state index >= 15 is 0 Å². The van der Waals surface area contributed by atoms with Crippen LogP contribution < -0.4 is 20.9 Å². The number of amides is 2. The molecule has 8 heteroatoms. The second-order valence-electron chi connectivity index (χ2n) is 8.47. The van der Waals surface area contributed by atoms with Crippen molar-refractivity contribution in [3.05, 3.63) is 88.5 Å². The standard InChI is InChI=1S/C24H23N3O3.C4H9NO.C2H6/c1-3-30-21-7-5-4-6-18(21)14-26-23(28)17-10-8-16(9-11-17)20-15-27(2)24(29)22-19(20)12-13-25-22;1-4(2)5-3-6;1-2/h4-13,15,25H,3,14H2,1-2H3,(H,26,28);3-4H,1-2H3,(H,5,6);1-2H3. The van der Waals surface area contributed by atoms with E-state index in [0.29, 0.717) is 30.6 Å². The number of nitrogens with one attached hydrogen (secondary N) is 3. The zero-order valence-corrected chi connectivity index (χ0v) is 23.0. The van der Waals surface area contributed by atoms with Crippen molar-refractivity contribution in [2.75, 3.05) is 6.61 Å². The summed E-state index contributed by atoms with van der Waals surface area (Å²) in [6.45, 7) is 10.7. The first-order chi connectivity index (χ1) is 18.3. The number of carbonyl (C=O) groups excluding carboxylic acids is 2. The van der Waals surface area contributed by atoms with Gasteiger partial charge in [-0.05, 0) is 50.6 Å². The van der Waals surface area contributed by atoms with Gasteiger partial charge in [-0.15, -0.1) is 0 Å². The molecular formula is C30H38N4O4. The lowest BCUT2D eigenvalue weighted by molar-refractivity contribution is -0.109. The molecule has 0 spiro atoms. The van der Waals surface area contributed by atoms with E-state index in [9.17, 15) is 14.4 Å². The Labute approximate surface area is 224 Å². The van der Waals surface area contributed by atoms with Gasteiger partial charge in [0.05, 0.1) is 6.61 Å². The molecule has 4 aromatic rings. The Morgan fingerprint density at radius 1 is 1.08 bits per heavy atom. The Morgan fingerprint density at radius 3 is 2.37 bits per heavy atom. The molecule has 0 saturated heterocycles. The van der Waals surface area contributed by atoms with Crippen LogP contribution in [0.2, 0.25) is 0 Å². The van der Waals surface area contributed by atoms with Crippen LogP contribution in [-0.4, -0.2) is 34.5 Å². The maximum Gasteiger partial charge on any atom is 0.274 e. The number of aryl methyl sites for hydroxylation is 1. The number of H-pyrrole nitrogens is 1. The van der Waals surface area contributed by atoms with Crippen molar-refractivity contribution in [2.24, 2.45) is 7.05 Å². The number of rotatable bonds is 8. The molecule has 0 aliphatic rings. The molecular weight excluding hydrogens is 480 g/mol. The van der Waals surface area contributed by atoms with E-state index in [-0.39, 0.29) is 17.5 Å². The second kappa shape index (κ2) is 15.0. The van der Waals surface area contributed by atoms with Crippen LogP contribution in [0, 0.1) is 0 Å². The van der Waals surface area contributed by atoms with Crippen molar-refractivity contribution in [3.63, 3.8) is 0 Å². The highest BCUT2D eigenvalue weighted by atomic mass is 16.5. The zero-order chi connectivity index (χ0) is 28.1. The van der Waals surface area contributed by atoms with Gasteiger partial charge >= 0.3 is 0 Å². The van der Waals surface area contributed by atoms with Gasteiger partial charge in [0.2, 0.25) is 6.41 Å². The predicted octanol–water partition coefficient (Wildman–Crippen LogP) is 5.03. The average molecular weight is 519 g/mol. The molecule has 0 radical (unpaired) electrons. The number of ether oxygens (including phenoxy) is 1. The minimum atomic E-state index is -0.153. The van der Waals surface area contributed by atoms with Gasteiger partial charge in [0.15, 0.2) is 0 Å². The highest BCUT2D eigenvalue weighted by Crippen LogP contribution is 2.26. The summed E-state index contributed by atoms with van der Waals surface area (Å²) >= 11 is 0. The summed E-state index contributed by atoms with van der Waals surface area (Å²) in [4.78, 5) is 37.4. The molecule has 0 unspecified atom stereocenters. The number of pyridine rings is 1. The fraction of sp³-hybridized carbons (Fsp3) is 0.300. The first-order valence-corrected chi connectivity index (χ1v) is 12.8. The van der Waals surface area contributed by atoms with E-state index in [1.165, 1.54) is 0 Å². The third-order valence-electron chi connectivity index (χ3n) is 5.47. The van der Waals surface area contributed by atoms with Crippen molar-refractivity contribution in [1.82, 2.24) is 20.2 Å². The Balaban J connectivity index is 0.000000560. The maximum absolute atomic E-state index is 12.6. The van der Waals surface area contributed by atoms with Crippen LogP contribution in [0.3, 0.4) is 0 Å². The SMILES string of the molecule is CC.CC(C)NC=O.CCOc1ccccc1CNC(=O)c1ccc(-c2cn(C)c(=O)c3[nH]ccc23)cc1. The van der Waals surface area contributed by atoms with Gasteiger partial charge in [0.1, 0.15) is 11.3 Å². The number of aromatic nitrogens is 2. The minimum absolute atomic E-state index is 0.0675. The zero-order valence-electron chi connectivity index (χ0n) is 23.0. The van der Waals surface area contributed by atoms with Crippen LogP contribution in [0.4, 0.5) is 0 Å². The summed E-state index contributed by atoms with van der Waals surface area (Å²) in [5.74, 6) is 0.626. The summed E-state index contributed by atoms with van der Waals surface area (Å²) in [7, 11) is 1.73. The lowest BCUT2D eigenvalue weighted by atomic mass is 10.0. The highest BCUT2D eigenvalue weighted by molar-refractivity contribution is 5.97. The number of nitrogens with zero attached hydrogens (tertiary/aromatic N) is 1. The monoisotopic (exact) mass is 518 g/mol. The Bertz CT molecular complexity index is 1370. The average Bonchev–Trinajstić information content (AvgIpc) is 3.42. The predicted molar refractivity (Wildman–Crippen MR) is 153 cm³/mol. The van der Waals surface area contributed by atoms with E-state index < -0.39 is 0 Å². The van der Waals surface area contributed by atoms with Crippen LogP contribution in [0.25, 0.3) is 22.0 Å². The fourth-order valence-electron chi connectivity index (χ4n) is 3.66. The largest absolute Gasteiger partial charge is 0.494 e. The molecule has 4 rings (SSSR count). The molecule has 3 N–H and O–H groups in total. The summed E-state index contributed by atoms with van der Waals surface area (Å²) < 4.78 is 7.17. The summed E-state index contributed by atoms with van der Waals surface area (Å²) in [6.07, 6.45) is 4.28.